The molecule has 1 aromatic heterocycles. The van der Waals surface area contributed by atoms with E-state index in [-0.39, 0.29) is 0 Å². The van der Waals surface area contributed by atoms with Crippen LogP contribution in [-0.4, -0.2) is 4.98 Å². The first-order valence-electron chi connectivity index (χ1n) is 3.71. The van der Waals surface area contributed by atoms with Crippen LogP contribution in [0.1, 0.15) is 5.56 Å². The van der Waals surface area contributed by atoms with Gasteiger partial charge in [0.2, 0.25) is 0 Å². The van der Waals surface area contributed by atoms with Crippen molar-refractivity contribution < 1.29 is 0 Å². The molecule has 0 spiro atoms. The van der Waals surface area contributed by atoms with Gasteiger partial charge in [-0.05, 0) is 24.3 Å². The highest BCUT2D eigenvalue weighted by atomic mass is 15.0. The lowest BCUT2D eigenvalue weighted by Crippen LogP contribution is -2.02. The number of hydrazine groups is 1. The molecule has 2 aromatic rings. The zero-order valence-corrected chi connectivity index (χ0v) is 6.99. The van der Waals surface area contributed by atoms with Crippen LogP contribution in [-0.2, 0) is 0 Å². The molecule has 0 amide bonds. The Kier molecular flexibility index (Phi) is 3.03. The Morgan fingerprint density at radius 3 is 2.69 bits per heavy atom. The van der Waals surface area contributed by atoms with Crippen LogP contribution in [0.2, 0.25) is 0 Å². The molecule has 1 aromatic carbocycles. The molecule has 1 heterocycles. The molecular weight excluding hydrogens is 164 g/mol. The molecule has 0 aliphatic heterocycles. The van der Waals surface area contributed by atoms with Crippen LogP contribution in [0.3, 0.4) is 0 Å². The molecule has 0 unspecified atom stereocenters. The van der Waals surface area contributed by atoms with Crippen LogP contribution in [0.5, 0.6) is 0 Å². The van der Waals surface area contributed by atoms with Crippen LogP contribution in [0.4, 0.5) is 0 Å². The average Bonchev–Trinajstić information content (AvgIpc) is 2.67. The van der Waals surface area contributed by atoms with Gasteiger partial charge in [-0.1, -0.05) is 0 Å². The number of fused-ring (bicyclic) bond motifs is 1. The minimum Gasteiger partial charge on any atom is -0.361 e. The predicted octanol–water partition coefficient (Wildman–Crippen LogP) is 0.858. The Morgan fingerprint density at radius 2 is 2.00 bits per heavy atom. The van der Waals surface area contributed by atoms with Gasteiger partial charge in [0.1, 0.15) is 0 Å². The van der Waals surface area contributed by atoms with E-state index in [4.69, 9.17) is 5.26 Å². The van der Waals surface area contributed by atoms with E-state index in [2.05, 4.69) is 22.7 Å². The number of aromatic nitrogens is 1. The van der Waals surface area contributed by atoms with Crippen molar-refractivity contribution in [3.05, 3.63) is 36.0 Å². The Balaban J connectivity index is 0.000000396. The van der Waals surface area contributed by atoms with E-state index in [0.717, 1.165) is 10.9 Å². The zero-order valence-electron chi connectivity index (χ0n) is 6.99. The summed E-state index contributed by atoms with van der Waals surface area (Å²) in [5.41, 5.74) is 1.78. The van der Waals surface area contributed by atoms with Crippen molar-refractivity contribution in [1.82, 2.24) is 4.98 Å². The average molecular weight is 174 g/mol. The molecule has 2 rings (SSSR count). The largest absolute Gasteiger partial charge is 0.361 e. The van der Waals surface area contributed by atoms with Crippen LogP contribution < -0.4 is 11.7 Å². The third-order valence-electron chi connectivity index (χ3n) is 1.68. The number of nitrogens with two attached hydrogens (primary N) is 2. The number of nitrogens with one attached hydrogen (secondary N) is 1. The molecule has 0 aliphatic carbocycles. The van der Waals surface area contributed by atoms with E-state index in [1.165, 1.54) is 0 Å². The highest BCUT2D eigenvalue weighted by Gasteiger charge is 1.94. The SMILES string of the molecule is N#Cc1ccc2[nH]ccc2c1.NN. The van der Waals surface area contributed by atoms with Gasteiger partial charge in [0.25, 0.3) is 0 Å². The predicted molar refractivity (Wildman–Crippen MR) is 51.4 cm³/mol. The minimum absolute atomic E-state index is 0.706. The quantitative estimate of drug-likeness (QED) is 0.408. The fourth-order valence-electron chi connectivity index (χ4n) is 1.12. The summed E-state index contributed by atoms with van der Waals surface area (Å²) in [6.07, 6.45) is 1.87. The van der Waals surface area contributed by atoms with Gasteiger partial charge >= 0.3 is 0 Å². The Bertz CT molecular complexity index is 424. The van der Waals surface area contributed by atoms with E-state index in [1.807, 2.05) is 24.4 Å². The van der Waals surface area contributed by atoms with E-state index in [1.54, 1.807) is 6.07 Å². The lowest BCUT2D eigenvalue weighted by atomic mass is 10.2. The first kappa shape index (κ1) is 9.26. The van der Waals surface area contributed by atoms with E-state index in [9.17, 15) is 0 Å². The van der Waals surface area contributed by atoms with Gasteiger partial charge in [0.05, 0.1) is 11.6 Å². The molecule has 0 saturated heterocycles. The molecule has 66 valence electrons. The van der Waals surface area contributed by atoms with Gasteiger partial charge in [-0.3, -0.25) is 11.7 Å². The molecule has 13 heavy (non-hydrogen) atoms. The fraction of sp³-hybridized carbons (Fsp3) is 0. The Hall–Kier alpha value is -1.83. The molecule has 0 radical (unpaired) electrons. The number of hydrogen-bond donors (Lipinski definition) is 3. The van der Waals surface area contributed by atoms with Gasteiger partial charge in [-0.15, -0.1) is 0 Å². The third kappa shape index (κ3) is 1.85. The first-order valence-corrected chi connectivity index (χ1v) is 3.71. The number of nitrogens with zero attached hydrogens (tertiary/aromatic N) is 1. The lowest BCUT2D eigenvalue weighted by Gasteiger charge is -1.88. The monoisotopic (exact) mass is 174 g/mol. The van der Waals surface area contributed by atoms with Gasteiger partial charge in [0.15, 0.2) is 0 Å². The van der Waals surface area contributed by atoms with Crippen LogP contribution in [0.15, 0.2) is 30.5 Å². The van der Waals surface area contributed by atoms with Gasteiger partial charge < -0.3 is 4.98 Å². The van der Waals surface area contributed by atoms with Crippen molar-refractivity contribution in [1.29, 1.82) is 5.26 Å². The maximum atomic E-state index is 8.57. The fourth-order valence-corrected chi connectivity index (χ4v) is 1.12. The number of rotatable bonds is 0. The number of hydrogen-bond acceptors (Lipinski definition) is 3. The molecule has 0 saturated carbocycles. The second-order valence-corrected chi connectivity index (χ2v) is 2.39. The second-order valence-electron chi connectivity index (χ2n) is 2.39. The lowest BCUT2D eigenvalue weighted by molar-refractivity contribution is 1.26. The molecule has 5 N–H and O–H groups in total. The van der Waals surface area contributed by atoms with E-state index < -0.39 is 0 Å². The number of nitriles is 1. The van der Waals surface area contributed by atoms with Crippen LogP contribution >= 0.6 is 0 Å². The molecule has 0 bridgehead atoms. The summed E-state index contributed by atoms with van der Waals surface area (Å²) < 4.78 is 0. The van der Waals surface area contributed by atoms with E-state index >= 15 is 0 Å². The van der Waals surface area contributed by atoms with Crippen LogP contribution in [0.25, 0.3) is 10.9 Å². The summed E-state index contributed by atoms with van der Waals surface area (Å²) in [4.78, 5) is 3.06. The molecule has 4 heteroatoms. The van der Waals surface area contributed by atoms with Crippen molar-refractivity contribution in [3.8, 4) is 6.07 Å². The third-order valence-corrected chi connectivity index (χ3v) is 1.68. The highest BCUT2D eigenvalue weighted by molar-refractivity contribution is 5.80. The van der Waals surface area contributed by atoms with Gasteiger partial charge in [-0.2, -0.15) is 5.26 Å². The Labute approximate surface area is 75.7 Å². The summed E-state index contributed by atoms with van der Waals surface area (Å²) in [6.45, 7) is 0. The smallest absolute Gasteiger partial charge is 0.0991 e. The standard InChI is InChI=1S/C9H6N2.H4N2/c10-6-7-1-2-9-8(5-7)3-4-11-9;1-2/h1-5,11H;1-2H2. The van der Waals surface area contributed by atoms with Crippen LogP contribution in [0, 0.1) is 11.3 Å². The maximum absolute atomic E-state index is 8.57. The Morgan fingerprint density at radius 1 is 1.23 bits per heavy atom. The summed E-state index contributed by atoms with van der Waals surface area (Å²) in [5.74, 6) is 8.00. The van der Waals surface area contributed by atoms with Crippen molar-refractivity contribution in [2.75, 3.05) is 0 Å². The topological polar surface area (TPSA) is 91.6 Å². The summed E-state index contributed by atoms with van der Waals surface area (Å²) in [6, 6.07) is 9.63. The number of aromatic amines is 1. The number of benzene rings is 1. The van der Waals surface area contributed by atoms with Crippen molar-refractivity contribution >= 4 is 10.9 Å². The summed E-state index contributed by atoms with van der Waals surface area (Å²) in [7, 11) is 0. The molecule has 0 fully saturated rings. The number of H-pyrrole nitrogens is 1. The summed E-state index contributed by atoms with van der Waals surface area (Å²) >= 11 is 0. The summed E-state index contributed by atoms with van der Waals surface area (Å²) in [5, 5.41) is 9.66. The maximum Gasteiger partial charge on any atom is 0.0991 e. The van der Waals surface area contributed by atoms with Gasteiger partial charge in [0, 0.05) is 17.1 Å². The molecule has 0 aliphatic rings. The van der Waals surface area contributed by atoms with Gasteiger partial charge in [-0.25, -0.2) is 0 Å². The highest BCUT2D eigenvalue weighted by Crippen LogP contribution is 2.12. The van der Waals surface area contributed by atoms with Crippen molar-refractivity contribution in [3.63, 3.8) is 0 Å². The zero-order chi connectivity index (χ0) is 9.68. The minimum atomic E-state index is 0.706. The molecule has 0 atom stereocenters. The second kappa shape index (κ2) is 4.26. The van der Waals surface area contributed by atoms with Crippen molar-refractivity contribution in [2.45, 2.75) is 0 Å². The molecule has 4 nitrogen and oxygen atoms in total. The van der Waals surface area contributed by atoms with E-state index in [0.29, 0.717) is 5.56 Å². The molecular formula is C9H10N4. The first-order chi connectivity index (χ1) is 6.40. The normalized spacial score (nSPS) is 8.69. The van der Waals surface area contributed by atoms with Crippen molar-refractivity contribution in [2.24, 2.45) is 11.7 Å².